The third-order valence-corrected chi connectivity index (χ3v) is 2.85. The van der Waals surface area contributed by atoms with Crippen LogP contribution in [0.15, 0.2) is 36.5 Å². The van der Waals surface area contributed by atoms with E-state index in [4.69, 9.17) is 4.74 Å². The summed E-state index contributed by atoms with van der Waals surface area (Å²) in [5.41, 5.74) is 1.61. The van der Waals surface area contributed by atoms with E-state index in [0.717, 1.165) is 5.57 Å². The lowest BCUT2D eigenvalue weighted by atomic mass is 10.1. The molecular weight excluding hydrogens is 230 g/mol. The first-order chi connectivity index (χ1) is 8.45. The molecule has 0 saturated carbocycles. The maximum Gasteiger partial charge on any atom is 0.410 e. The second kappa shape index (κ2) is 6.19. The molecule has 0 aromatic rings. The molecule has 0 aromatic carbocycles. The average molecular weight is 249 g/mol. The van der Waals surface area contributed by atoms with Crippen LogP contribution in [0.5, 0.6) is 0 Å². The summed E-state index contributed by atoms with van der Waals surface area (Å²) in [6.45, 7) is 11.3. The molecule has 1 heterocycles. The number of likely N-dealkylation sites (tertiary alicyclic amines) is 1. The molecule has 0 aromatic heterocycles. The molecule has 0 aliphatic carbocycles. The zero-order valence-electron chi connectivity index (χ0n) is 10.9. The number of ketones is 1. The summed E-state index contributed by atoms with van der Waals surface area (Å²) in [6.07, 6.45) is 3.60. The number of carbonyl (C=O) groups excluding carboxylic acids is 2. The number of hydrogen-bond donors (Lipinski definition) is 0. The van der Waals surface area contributed by atoms with Crippen LogP contribution < -0.4 is 0 Å². The molecule has 0 spiro atoms. The Labute approximate surface area is 108 Å². The van der Waals surface area contributed by atoms with Crippen LogP contribution in [0.3, 0.4) is 0 Å². The maximum absolute atomic E-state index is 11.8. The van der Waals surface area contributed by atoms with Crippen LogP contribution in [-0.4, -0.2) is 36.0 Å². The summed E-state index contributed by atoms with van der Waals surface area (Å²) in [7, 11) is 0. The first-order valence-corrected chi connectivity index (χ1v) is 5.86. The van der Waals surface area contributed by atoms with Gasteiger partial charge in [0, 0.05) is 6.54 Å². The van der Waals surface area contributed by atoms with E-state index in [1.165, 1.54) is 13.0 Å². The van der Waals surface area contributed by atoms with E-state index in [1.54, 1.807) is 17.9 Å². The van der Waals surface area contributed by atoms with Crippen LogP contribution in [0.4, 0.5) is 4.79 Å². The van der Waals surface area contributed by atoms with Gasteiger partial charge in [-0.15, -0.1) is 0 Å². The molecule has 0 unspecified atom stereocenters. The van der Waals surface area contributed by atoms with Crippen molar-refractivity contribution in [1.82, 2.24) is 4.90 Å². The van der Waals surface area contributed by atoms with Crippen molar-refractivity contribution in [2.75, 3.05) is 13.2 Å². The third-order valence-electron chi connectivity index (χ3n) is 2.85. The molecule has 1 fully saturated rings. The van der Waals surface area contributed by atoms with Crippen LogP contribution in [0, 0.1) is 0 Å². The monoisotopic (exact) mass is 249 g/mol. The van der Waals surface area contributed by atoms with Crippen molar-refractivity contribution in [1.29, 1.82) is 0 Å². The van der Waals surface area contributed by atoms with Crippen molar-refractivity contribution in [2.24, 2.45) is 0 Å². The largest absolute Gasteiger partial charge is 0.445 e. The fourth-order valence-electron chi connectivity index (χ4n) is 1.80. The van der Waals surface area contributed by atoms with Gasteiger partial charge >= 0.3 is 6.09 Å². The van der Waals surface area contributed by atoms with E-state index in [2.05, 4.69) is 13.2 Å². The molecule has 18 heavy (non-hydrogen) atoms. The lowest BCUT2D eigenvalue weighted by Gasteiger charge is -2.21. The van der Waals surface area contributed by atoms with Gasteiger partial charge in [0.25, 0.3) is 0 Å². The first-order valence-electron chi connectivity index (χ1n) is 5.86. The number of Topliss-reactive ketones (excluding diaryl/α,β-unsaturated/α-hetero) is 1. The number of hydrogen-bond acceptors (Lipinski definition) is 3. The van der Waals surface area contributed by atoms with E-state index < -0.39 is 6.09 Å². The molecule has 1 aliphatic rings. The molecule has 0 N–H and O–H groups in total. The highest BCUT2D eigenvalue weighted by Crippen LogP contribution is 2.24. The topological polar surface area (TPSA) is 46.6 Å². The molecule has 1 amide bonds. The van der Waals surface area contributed by atoms with Crippen LogP contribution in [0.2, 0.25) is 0 Å². The number of amides is 1. The minimum atomic E-state index is -0.397. The van der Waals surface area contributed by atoms with Gasteiger partial charge in [0.05, 0.1) is 6.04 Å². The highest BCUT2D eigenvalue weighted by Gasteiger charge is 2.30. The number of ether oxygens (including phenoxy) is 1. The Morgan fingerprint density at radius 2 is 2.17 bits per heavy atom. The Morgan fingerprint density at radius 3 is 2.72 bits per heavy atom. The second-order valence-corrected chi connectivity index (χ2v) is 4.42. The number of allylic oxidation sites excluding steroid dienone is 1. The van der Waals surface area contributed by atoms with Gasteiger partial charge in [-0.25, -0.2) is 4.79 Å². The SMILES string of the molecule is C=CCOC(=O)N1CC(=C)C[C@H]1C=C(C)C(C)=O. The second-order valence-electron chi connectivity index (χ2n) is 4.42. The molecule has 1 aliphatic heterocycles. The Kier molecular flexibility index (Phi) is 4.89. The van der Waals surface area contributed by atoms with Crippen LogP contribution in [0.1, 0.15) is 20.3 Å². The van der Waals surface area contributed by atoms with Crippen LogP contribution in [-0.2, 0) is 9.53 Å². The molecule has 1 saturated heterocycles. The average Bonchev–Trinajstić information content (AvgIpc) is 2.67. The summed E-state index contributed by atoms with van der Waals surface area (Å²) < 4.78 is 5.01. The van der Waals surface area contributed by atoms with Crippen molar-refractivity contribution in [2.45, 2.75) is 26.3 Å². The van der Waals surface area contributed by atoms with Gasteiger partial charge < -0.3 is 4.74 Å². The normalized spacial score (nSPS) is 19.9. The van der Waals surface area contributed by atoms with E-state index in [0.29, 0.717) is 18.5 Å². The fourth-order valence-corrected chi connectivity index (χ4v) is 1.80. The smallest absolute Gasteiger partial charge is 0.410 e. The van der Waals surface area contributed by atoms with Crippen molar-refractivity contribution < 1.29 is 14.3 Å². The van der Waals surface area contributed by atoms with Gasteiger partial charge in [-0.3, -0.25) is 9.69 Å². The minimum absolute atomic E-state index is 0.00641. The quantitative estimate of drug-likeness (QED) is 0.568. The summed E-state index contributed by atoms with van der Waals surface area (Å²) in [5.74, 6) is 0.00641. The van der Waals surface area contributed by atoms with Crippen LogP contribution >= 0.6 is 0 Å². The lowest BCUT2D eigenvalue weighted by Crippen LogP contribution is -2.35. The first kappa shape index (κ1) is 14.2. The molecule has 1 atom stereocenters. The third kappa shape index (κ3) is 3.58. The number of rotatable bonds is 4. The van der Waals surface area contributed by atoms with Gasteiger partial charge in [-0.05, 0) is 25.8 Å². The summed E-state index contributed by atoms with van der Waals surface area (Å²) in [4.78, 5) is 24.6. The zero-order valence-corrected chi connectivity index (χ0v) is 10.9. The van der Waals surface area contributed by atoms with Crippen LogP contribution in [0.25, 0.3) is 0 Å². The van der Waals surface area contributed by atoms with E-state index in [1.807, 2.05) is 0 Å². The van der Waals surface area contributed by atoms with Gasteiger partial charge in [-0.1, -0.05) is 30.9 Å². The Balaban J connectivity index is 2.79. The van der Waals surface area contributed by atoms with Gasteiger partial charge in [-0.2, -0.15) is 0 Å². The minimum Gasteiger partial charge on any atom is -0.445 e. The van der Waals surface area contributed by atoms with Crippen molar-refractivity contribution in [3.63, 3.8) is 0 Å². The molecule has 0 radical (unpaired) electrons. The highest BCUT2D eigenvalue weighted by molar-refractivity contribution is 5.92. The van der Waals surface area contributed by atoms with E-state index in [9.17, 15) is 9.59 Å². The molecule has 4 nitrogen and oxygen atoms in total. The number of carbonyl (C=O) groups is 2. The van der Waals surface area contributed by atoms with Crippen molar-refractivity contribution >= 4 is 11.9 Å². The molecular formula is C14H19NO3. The Bertz CT molecular complexity index is 409. The fraction of sp³-hybridized carbons (Fsp3) is 0.429. The van der Waals surface area contributed by atoms with Gasteiger partial charge in [0.2, 0.25) is 0 Å². The molecule has 0 bridgehead atoms. The van der Waals surface area contributed by atoms with E-state index >= 15 is 0 Å². The molecule has 4 heteroatoms. The van der Waals surface area contributed by atoms with Crippen molar-refractivity contribution in [3.8, 4) is 0 Å². The Morgan fingerprint density at radius 1 is 1.50 bits per heavy atom. The summed E-state index contributed by atoms with van der Waals surface area (Å²) in [6, 6.07) is -0.140. The zero-order chi connectivity index (χ0) is 13.7. The summed E-state index contributed by atoms with van der Waals surface area (Å²) in [5, 5.41) is 0. The number of nitrogens with zero attached hydrogens (tertiary/aromatic N) is 1. The highest BCUT2D eigenvalue weighted by atomic mass is 16.6. The summed E-state index contributed by atoms with van der Waals surface area (Å²) >= 11 is 0. The van der Waals surface area contributed by atoms with Gasteiger partial charge in [0.15, 0.2) is 5.78 Å². The predicted octanol–water partition coefficient (Wildman–Crippen LogP) is 2.47. The predicted molar refractivity (Wildman–Crippen MR) is 70.2 cm³/mol. The van der Waals surface area contributed by atoms with E-state index in [-0.39, 0.29) is 18.4 Å². The Hall–Kier alpha value is -1.84. The molecule has 98 valence electrons. The lowest BCUT2D eigenvalue weighted by molar-refractivity contribution is -0.113. The van der Waals surface area contributed by atoms with Crippen molar-refractivity contribution in [3.05, 3.63) is 36.5 Å². The maximum atomic E-state index is 11.8. The molecule has 1 rings (SSSR count). The standard InChI is InChI=1S/C14H19NO3/c1-5-6-18-14(17)15-9-10(2)7-13(15)8-11(3)12(4)16/h5,8,13H,1-2,6-7,9H2,3-4H3/t13-/m0/s1. The van der Waals surface area contributed by atoms with Gasteiger partial charge in [0.1, 0.15) is 6.61 Å².